The number of rotatable bonds is 7. The summed E-state index contributed by atoms with van der Waals surface area (Å²) in [5, 5.41) is 3.12. The molecule has 2 saturated heterocycles. The van der Waals surface area contributed by atoms with Crippen molar-refractivity contribution in [2.24, 2.45) is 11.1 Å². The lowest BCUT2D eigenvalue weighted by Crippen LogP contribution is -2.59. The highest BCUT2D eigenvalue weighted by atomic mass is 19.1. The van der Waals surface area contributed by atoms with Crippen LogP contribution in [0.2, 0.25) is 0 Å². The summed E-state index contributed by atoms with van der Waals surface area (Å²) in [6.45, 7) is 2.92. The summed E-state index contributed by atoms with van der Waals surface area (Å²) in [6.07, 6.45) is 5.96. The zero-order valence-electron chi connectivity index (χ0n) is 23.5. The topological polar surface area (TPSA) is 126 Å². The number of nitrogens with zero attached hydrogens (tertiary/aromatic N) is 7. The van der Waals surface area contributed by atoms with Gasteiger partial charge >= 0.3 is 6.01 Å². The van der Waals surface area contributed by atoms with E-state index in [9.17, 15) is 9.18 Å². The largest absolute Gasteiger partial charge is 0.421 e. The molecule has 12 heteroatoms. The highest BCUT2D eigenvalue weighted by Crippen LogP contribution is 2.54. The van der Waals surface area contributed by atoms with Gasteiger partial charge in [-0.15, -0.1) is 0 Å². The van der Waals surface area contributed by atoms with E-state index in [2.05, 4.69) is 25.1 Å². The summed E-state index contributed by atoms with van der Waals surface area (Å²) in [5.41, 5.74) is 10.8. The fourth-order valence-electron chi connectivity index (χ4n) is 6.26. The third-order valence-electron chi connectivity index (χ3n) is 9.09. The number of fused-ring (bicyclic) bond motifs is 3. The van der Waals surface area contributed by atoms with Gasteiger partial charge in [-0.2, -0.15) is 9.97 Å². The molecule has 2 aliphatic carbocycles. The minimum Gasteiger partial charge on any atom is -0.421 e. The average Bonchev–Trinajstić information content (AvgIpc) is 3.50. The van der Waals surface area contributed by atoms with Crippen molar-refractivity contribution < 1.29 is 13.9 Å². The zero-order valence-corrected chi connectivity index (χ0v) is 23.5. The average molecular weight is 560 g/mol. The van der Waals surface area contributed by atoms with Crippen LogP contribution in [0.25, 0.3) is 11.1 Å². The third kappa shape index (κ3) is 4.55. The zero-order chi connectivity index (χ0) is 28.5. The molecule has 3 N–H and O–H groups in total. The molecule has 0 unspecified atom stereocenters. The van der Waals surface area contributed by atoms with E-state index in [4.69, 9.17) is 20.4 Å². The maximum Gasteiger partial charge on any atom is 0.324 e. The molecule has 4 heterocycles. The number of hydrogen-bond acceptors (Lipinski definition) is 10. The Morgan fingerprint density at radius 1 is 1.20 bits per heavy atom. The number of hydrogen-bond donors (Lipinski definition) is 2. The molecule has 2 aliphatic heterocycles. The van der Waals surface area contributed by atoms with E-state index in [0.717, 1.165) is 60.5 Å². The molecule has 214 valence electrons. The molecule has 11 nitrogen and oxygen atoms in total. The predicted molar refractivity (Wildman–Crippen MR) is 151 cm³/mol. The molecular weight excluding hydrogens is 525 g/mol. The molecule has 41 heavy (non-hydrogen) atoms. The van der Waals surface area contributed by atoms with Gasteiger partial charge in [-0.25, -0.2) is 14.4 Å². The summed E-state index contributed by atoms with van der Waals surface area (Å²) < 4.78 is 20.7. The van der Waals surface area contributed by atoms with Crippen LogP contribution in [0.3, 0.4) is 0 Å². The first-order chi connectivity index (χ1) is 19.7. The highest BCUT2D eigenvalue weighted by Gasteiger charge is 2.54. The number of amides is 1. The van der Waals surface area contributed by atoms with Crippen molar-refractivity contribution in [1.82, 2.24) is 29.7 Å². The molecule has 3 fully saturated rings. The molecule has 0 radical (unpaired) electrons. The Hall–Kier alpha value is -3.90. The number of aromatic nitrogens is 4. The van der Waals surface area contributed by atoms with Gasteiger partial charge in [0.05, 0.1) is 24.5 Å². The van der Waals surface area contributed by atoms with Gasteiger partial charge in [-0.1, -0.05) is 0 Å². The first kappa shape index (κ1) is 26.0. The van der Waals surface area contributed by atoms with Crippen LogP contribution in [0, 0.1) is 11.2 Å². The number of benzene rings is 1. The van der Waals surface area contributed by atoms with Gasteiger partial charge in [-0.05, 0) is 50.2 Å². The molecule has 2 aromatic heterocycles. The second kappa shape index (κ2) is 9.59. The lowest BCUT2D eigenvalue weighted by Gasteiger charge is -2.42. The van der Waals surface area contributed by atoms with Crippen molar-refractivity contribution in [1.29, 1.82) is 0 Å². The minimum atomic E-state index is -0.314. The van der Waals surface area contributed by atoms with Gasteiger partial charge in [0, 0.05) is 68.4 Å². The van der Waals surface area contributed by atoms with E-state index in [1.54, 1.807) is 25.5 Å². The molecule has 0 bridgehead atoms. The Labute approximate surface area is 237 Å². The lowest BCUT2D eigenvalue weighted by molar-refractivity contribution is -0.137. The van der Waals surface area contributed by atoms with Crippen molar-refractivity contribution >= 4 is 17.4 Å². The van der Waals surface area contributed by atoms with Gasteiger partial charge in [0.1, 0.15) is 17.5 Å². The Kier molecular flexibility index (Phi) is 6.09. The van der Waals surface area contributed by atoms with E-state index in [1.807, 2.05) is 19.0 Å². The van der Waals surface area contributed by atoms with Crippen LogP contribution in [0.4, 0.5) is 15.9 Å². The van der Waals surface area contributed by atoms with Crippen LogP contribution in [-0.4, -0.2) is 95.0 Å². The molecule has 7 rings (SSSR count). The summed E-state index contributed by atoms with van der Waals surface area (Å²) >= 11 is 0. The minimum absolute atomic E-state index is 0.0116. The van der Waals surface area contributed by atoms with Gasteiger partial charge in [-0.3, -0.25) is 4.79 Å². The number of likely N-dealkylation sites (N-methyl/N-ethyl adjacent to an activating group) is 1. The Morgan fingerprint density at radius 3 is 2.61 bits per heavy atom. The van der Waals surface area contributed by atoms with Crippen LogP contribution >= 0.6 is 0 Å². The normalized spacial score (nSPS) is 20.3. The monoisotopic (exact) mass is 559 g/mol. The Bertz CT molecular complexity index is 1520. The van der Waals surface area contributed by atoms with E-state index in [1.165, 1.54) is 6.07 Å². The van der Waals surface area contributed by atoms with Crippen LogP contribution in [0.1, 0.15) is 29.9 Å². The quantitative estimate of drug-likeness (QED) is 0.348. The van der Waals surface area contributed by atoms with Gasteiger partial charge in [0.2, 0.25) is 5.91 Å². The van der Waals surface area contributed by atoms with Crippen molar-refractivity contribution in [2.75, 3.05) is 57.5 Å². The van der Waals surface area contributed by atoms with Gasteiger partial charge in [0.15, 0.2) is 5.75 Å². The van der Waals surface area contributed by atoms with E-state index in [0.29, 0.717) is 36.4 Å². The maximum absolute atomic E-state index is 14.6. The Balaban J connectivity index is 1.14. The fourth-order valence-corrected chi connectivity index (χ4v) is 6.26. The Morgan fingerprint density at radius 2 is 1.95 bits per heavy atom. The second-order valence-corrected chi connectivity index (χ2v) is 11.9. The van der Waals surface area contributed by atoms with E-state index in [-0.39, 0.29) is 35.6 Å². The van der Waals surface area contributed by atoms with Crippen LogP contribution in [0.15, 0.2) is 24.5 Å². The number of carbonyl (C=O) groups is 1. The first-order valence-corrected chi connectivity index (χ1v) is 14.1. The van der Waals surface area contributed by atoms with Gasteiger partial charge in [0.25, 0.3) is 0 Å². The molecule has 1 atom stereocenters. The number of carbonyl (C=O) groups excluding carboxylic acids is 1. The number of halogens is 1. The lowest BCUT2D eigenvalue weighted by atomic mass is 10.0. The van der Waals surface area contributed by atoms with E-state index < -0.39 is 0 Å². The molecule has 4 aliphatic rings. The maximum atomic E-state index is 14.6. The summed E-state index contributed by atoms with van der Waals surface area (Å²) in [7, 11) is 5.82. The molecule has 3 aromatic rings. The first-order valence-electron chi connectivity index (χ1n) is 14.1. The second-order valence-electron chi connectivity index (χ2n) is 11.9. The van der Waals surface area contributed by atoms with Crippen molar-refractivity contribution in [3.63, 3.8) is 0 Å². The summed E-state index contributed by atoms with van der Waals surface area (Å²) in [5.74, 6) is 1.22. The number of likely N-dealkylation sites (tertiary alicyclic amines) is 1. The molecule has 1 amide bonds. The summed E-state index contributed by atoms with van der Waals surface area (Å²) in [4.78, 5) is 37.0. The number of nitrogens with one attached hydrogen (secondary N) is 1. The summed E-state index contributed by atoms with van der Waals surface area (Å²) in [6, 6.07) is 3.70. The van der Waals surface area contributed by atoms with Crippen LogP contribution < -0.4 is 20.7 Å². The highest BCUT2D eigenvalue weighted by molar-refractivity contribution is 5.88. The standard InChI is InChI=1S/C29H34FN9O2/c1-32-21-7-16(30)6-20-19(21)8-22-26(20)27(39-14-23(31)29(15-39)4-5-29)36-28(35-22)41-18-10-33-24(34-11-18)9-25(40)38-12-17(13-38)37(2)3/h6-7,10-11,17,23,32H,4-5,8-9,12-15,31H2,1-3H3/t23-/m0/s1. The smallest absolute Gasteiger partial charge is 0.324 e. The number of ether oxygens (including phenoxy) is 1. The predicted octanol–water partition coefficient (Wildman–Crippen LogP) is 2.05. The molecular formula is C29H34FN9O2. The third-order valence-corrected chi connectivity index (χ3v) is 9.09. The van der Waals surface area contributed by atoms with Crippen molar-refractivity contribution in [3.05, 3.63) is 47.4 Å². The van der Waals surface area contributed by atoms with E-state index >= 15 is 0 Å². The molecule has 1 spiro atoms. The van der Waals surface area contributed by atoms with Crippen LogP contribution in [-0.2, 0) is 17.6 Å². The fraction of sp³-hybridized carbons (Fsp3) is 0.483. The number of nitrogens with two attached hydrogens (primary N) is 1. The molecule has 1 aromatic carbocycles. The molecule has 1 saturated carbocycles. The van der Waals surface area contributed by atoms with Gasteiger partial charge < -0.3 is 30.5 Å². The van der Waals surface area contributed by atoms with Crippen molar-refractivity contribution in [2.45, 2.75) is 37.8 Å². The SMILES string of the molecule is CNc1cc(F)cc2c1Cc1nc(Oc3cnc(CC(=O)N4CC(N(C)C)C4)nc3)nc(N3C[C@H](N)C4(CC4)C3)c1-2. The number of anilines is 2. The van der Waals surface area contributed by atoms with Crippen molar-refractivity contribution in [3.8, 4) is 22.9 Å². The van der Waals surface area contributed by atoms with Crippen LogP contribution in [0.5, 0.6) is 11.8 Å².